The number of nitrogens with zero attached hydrogens (tertiary/aromatic N) is 1. The number of aliphatic hydroxyl groups excluding tert-OH is 1. The molecule has 13 nitrogen and oxygen atoms in total. The van der Waals surface area contributed by atoms with E-state index in [1.807, 2.05) is 6.26 Å². The summed E-state index contributed by atoms with van der Waals surface area (Å²) >= 11 is 1.53. The minimum Gasteiger partial charge on any atom is -0.480 e. The molecule has 14 heteroatoms. The molecule has 3 atom stereocenters. The Labute approximate surface area is 178 Å². The Kier molecular flexibility index (Phi) is 14.0. The van der Waals surface area contributed by atoms with Gasteiger partial charge in [-0.1, -0.05) is 0 Å². The Bertz CT molecular complexity index is 615. The number of hydrogen-bond donors (Lipinski definition) is 8. The first kappa shape index (κ1) is 27.4. The molecule has 0 spiro atoms. The molecule has 11 N–H and O–H groups in total. The molecule has 0 aromatic heterocycles. The molecular formula is C16H31N7O6S. The number of aliphatic hydroxyl groups is 1. The van der Waals surface area contributed by atoms with Gasteiger partial charge in [0.15, 0.2) is 5.96 Å². The van der Waals surface area contributed by atoms with Crippen LogP contribution in [0, 0.1) is 0 Å². The van der Waals surface area contributed by atoms with E-state index in [1.54, 1.807) is 0 Å². The lowest BCUT2D eigenvalue weighted by Gasteiger charge is -2.21. The molecule has 0 saturated carbocycles. The van der Waals surface area contributed by atoms with Crippen molar-refractivity contribution >= 4 is 41.4 Å². The number of carboxylic acid groups (broad SMARTS) is 1. The molecule has 0 aliphatic rings. The molecule has 0 bridgehead atoms. The van der Waals surface area contributed by atoms with Crippen molar-refractivity contribution in [3.8, 4) is 0 Å². The second-order valence-electron chi connectivity index (χ2n) is 6.26. The van der Waals surface area contributed by atoms with Gasteiger partial charge in [-0.3, -0.25) is 19.4 Å². The van der Waals surface area contributed by atoms with Crippen molar-refractivity contribution in [2.75, 3.05) is 31.7 Å². The molecular weight excluding hydrogens is 418 g/mol. The highest BCUT2D eigenvalue weighted by molar-refractivity contribution is 7.98. The molecule has 0 aliphatic heterocycles. The first-order chi connectivity index (χ1) is 14.1. The lowest BCUT2D eigenvalue weighted by Crippen LogP contribution is -2.54. The van der Waals surface area contributed by atoms with Gasteiger partial charge >= 0.3 is 5.97 Å². The fourth-order valence-electron chi connectivity index (χ4n) is 2.15. The normalized spacial score (nSPS) is 13.4. The van der Waals surface area contributed by atoms with Crippen LogP contribution in [0.15, 0.2) is 4.99 Å². The highest BCUT2D eigenvalue weighted by Crippen LogP contribution is 2.01. The van der Waals surface area contributed by atoms with Gasteiger partial charge in [0.25, 0.3) is 0 Å². The van der Waals surface area contributed by atoms with Crippen LogP contribution in [0.3, 0.4) is 0 Å². The number of hydrogen-bond acceptors (Lipinski definition) is 8. The molecule has 3 unspecified atom stereocenters. The summed E-state index contributed by atoms with van der Waals surface area (Å²) < 4.78 is 0. The minimum atomic E-state index is -1.52. The topological polar surface area (TPSA) is 235 Å². The van der Waals surface area contributed by atoms with Gasteiger partial charge in [0, 0.05) is 6.54 Å². The highest BCUT2D eigenvalue weighted by atomic mass is 32.2. The number of thioether (sulfide) groups is 1. The van der Waals surface area contributed by atoms with Gasteiger partial charge in [0.1, 0.15) is 12.1 Å². The van der Waals surface area contributed by atoms with E-state index in [9.17, 15) is 19.2 Å². The molecule has 0 saturated heterocycles. The summed E-state index contributed by atoms with van der Waals surface area (Å²) in [5.41, 5.74) is 16.2. The van der Waals surface area contributed by atoms with Crippen molar-refractivity contribution in [2.45, 2.75) is 37.4 Å². The summed E-state index contributed by atoms with van der Waals surface area (Å²) in [6.07, 6.45) is 2.72. The molecule has 3 amide bonds. The lowest BCUT2D eigenvalue weighted by molar-refractivity contribution is -0.143. The fourth-order valence-corrected chi connectivity index (χ4v) is 2.64. The number of carbonyl (C=O) groups is 4. The third-order valence-corrected chi connectivity index (χ3v) is 4.43. The number of guanidine groups is 1. The number of nitrogens with one attached hydrogen (secondary N) is 3. The molecule has 172 valence electrons. The van der Waals surface area contributed by atoms with E-state index in [4.69, 9.17) is 27.4 Å². The summed E-state index contributed by atoms with van der Waals surface area (Å²) in [5, 5.41) is 24.9. The predicted molar refractivity (Wildman–Crippen MR) is 112 cm³/mol. The average molecular weight is 450 g/mol. The summed E-state index contributed by atoms with van der Waals surface area (Å²) in [7, 11) is 0. The number of aliphatic imine (C=N–C) groups is 1. The van der Waals surface area contributed by atoms with Gasteiger partial charge in [-0.15, -0.1) is 0 Å². The van der Waals surface area contributed by atoms with Crippen LogP contribution in [0.4, 0.5) is 0 Å². The van der Waals surface area contributed by atoms with E-state index in [0.717, 1.165) is 0 Å². The Morgan fingerprint density at radius 3 is 2.27 bits per heavy atom. The summed E-state index contributed by atoms with van der Waals surface area (Å²) in [4.78, 5) is 51.1. The van der Waals surface area contributed by atoms with Crippen molar-refractivity contribution in [3.63, 3.8) is 0 Å². The van der Waals surface area contributed by atoms with E-state index >= 15 is 0 Å². The van der Waals surface area contributed by atoms with Gasteiger partial charge in [0.2, 0.25) is 17.7 Å². The highest BCUT2D eigenvalue weighted by Gasteiger charge is 2.26. The average Bonchev–Trinajstić information content (AvgIpc) is 2.69. The third-order valence-electron chi connectivity index (χ3n) is 3.79. The van der Waals surface area contributed by atoms with Gasteiger partial charge in [-0.05, 0) is 31.3 Å². The maximum atomic E-state index is 12.3. The van der Waals surface area contributed by atoms with Gasteiger partial charge in [-0.25, -0.2) is 4.79 Å². The van der Waals surface area contributed by atoms with Crippen LogP contribution in [-0.4, -0.2) is 89.7 Å². The molecule has 0 rings (SSSR count). The third kappa shape index (κ3) is 12.1. The van der Waals surface area contributed by atoms with Gasteiger partial charge < -0.3 is 43.4 Å². The molecule has 0 aliphatic carbocycles. The first-order valence-corrected chi connectivity index (χ1v) is 10.5. The van der Waals surface area contributed by atoms with E-state index in [1.165, 1.54) is 11.8 Å². The monoisotopic (exact) mass is 449 g/mol. The number of aliphatic carboxylic acids is 1. The van der Waals surface area contributed by atoms with Crippen LogP contribution in [0.25, 0.3) is 0 Å². The van der Waals surface area contributed by atoms with Crippen molar-refractivity contribution in [2.24, 2.45) is 22.2 Å². The van der Waals surface area contributed by atoms with Crippen molar-refractivity contribution < 1.29 is 29.4 Å². The quantitative estimate of drug-likeness (QED) is 0.0691. The minimum absolute atomic E-state index is 0.0906. The Morgan fingerprint density at radius 2 is 1.73 bits per heavy atom. The number of rotatable bonds is 15. The second kappa shape index (κ2) is 15.3. The Morgan fingerprint density at radius 1 is 1.07 bits per heavy atom. The maximum Gasteiger partial charge on any atom is 0.328 e. The van der Waals surface area contributed by atoms with Crippen LogP contribution in [0.5, 0.6) is 0 Å². The molecule has 0 aromatic carbocycles. The van der Waals surface area contributed by atoms with Crippen molar-refractivity contribution in [3.05, 3.63) is 0 Å². The molecule has 0 aromatic rings. The van der Waals surface area contributed by atoms with Crippen molar-refractivity contribution in [1.29, 1.82) is 0 Å². The van der Waals surface area contributed by atoms with Crippen LogP contribution in [0.1, 0.15) is 19.3 Å². The predicted octanol–water partition coefficient (Wildman–Crippen LogP) is -3.72. The fraction of sp³-hybridized carbons (Fsp3) is 0.688. The number of amides is 3. The maximum absolute atomic E-state index is 12.3. The summed E-state index contributed by atoms with van der Waals surface area (Å²) in [5.74, 6) is -2.85. The van der Waals surface area contributed by atoms with Gasteiger partial charge in [-0.2, -0.15) is 11.8 Å². The zero-order valence-corrected chi connectivity index (χ0v) is 17.6. The molecule has 0 radical (unpaired) electrons. The van der Waals surface area contributed by atoms with Gasteiger partial charge in [0.05, 0.1) is 19.2 Å². The SMILES string of the molecule is CSCCC(N)C(=O)NCC(=O)NC(CCCN=C(N)N)C(=O)NC(CO)C(=O)O. The zero-order chi connectivity index (χ0) is 23.1. The Balaban J connectivity index is 4.85. The standard InChI is InChI=1S/C16H31N7O6S/c1-30-6-4-9(17)13(26)21-7-12(25)22-10(3-2-5-20-16(18)19)14(27)23-11(8-24)15(28)29/h9-11,24H,2-8,17H2,1H3,(H,21,26)(H,22,25)(H,23,27)(H,28,29)(H4,18,19,20). The van der Waals surface area contributed by atoms with E-state index < -0.39 is 55.0 Å². The van der Waals surface area contributed by atoms with Crippen molar-refractivity contribution in [1.82, 2.24) is 16.0 Å². The summed E-state index contributed by atoms with van der Waals surface area (Å²) in [6, 6.07) is -3.41. The van der Waals surface area contributed by atoms with Crippen LogP contribution in [-0.2, 0) is 19.2 Å². The number of nitrogens with two attached hydrogens (primary N) is 3. The van der Waals surface area contributed by atoms with E-state index in [-0.39, 0.29) is 18.9 Å². The second-order valence-corrected chi connectivity index (χ2v) is 7.24. The molecule has 0 fully saturated rings. The van der Waals surface area contributed by atoms with Crippen LogP contribution >= 0.6 is 11.8 Å². The summed E-state index contributed by atoms with van der Waals surface area (Å²) in [6.45, 7) is -1.04. The van der Waals surface area contributed by atoms with E-state index in [2.05, 4.69) is 20.9 Å². The van der Waals surface area contributed by atoms with Crippen LogP contribution in [0.2, 0.25) is 0 Å². The molecule has 0 heterocycles. The number of carbonyl (C=O) groups excluding carboxylic acids is 3. The molecule has 30 heavy (non-hydrogen) atoms. The first-order valence-electron chi connectivity index (χ1n) is 9.13. The van der Waals surface area contributed by atoms with Crippen LogP contribution < -0.4 is 33.2 Å². The largest absolute Gasteiger partial charge is 0.480 e. The number of carboxylic acids is 1. The smallest absolute Gasteiger partial charge is 0.328 e. The van der Waals surface area contributed by atoms with E-state index in [0.29, 0.717) is 18.6 Å². The Hall–Kier alpha value is -2.58. The zero-order valence-electron chi connectivity index (χ0n) is 16.8. The lowest BCUT2D eigenvalue weighted by atomic mass is 10.1.